The normalized spacial score (nSPS) is 19.5. The summed E-state index contributed by atoms with van der Waals surface area (Å²) in [7, 11) is 0. The molecule has 2 aromatic rings. The van der Waals surface area contributed by atoms with Gasteiger partial charge in [0.1, 0.15) is 11.3 Å². The topological polar surface area (TPSA) is 63.5 Å². The van der Waals surface area contributed by atoms with Crippen LogP contribution in [0.15, 0.2) is 18.3 Å². The monoisotopic (exact) mass is 445 g/mol. The second-order valence-electron chi connectivity index (χ2n) is 8.37. The number of piperazine rings is 1. The molecular weight excluding hydrogens is 420 g/mol. The first kappa shape index (κ1) is 21.8. The van der Waals surface area contributed by atoms with E-state index in [4.69, 9.17) is 0 Å². The fourth-order valence-corrected chi connectivity index (χ4v) is 4.82. The summed E-state index contributed by atoms with van der Waals surface area (Å²) in [5.74, 6) is -1.63. The van der Waals surface area contributed by atoms with E-state index in [9.17, 15) is 18.8 Å². The van der Waals surface area contributed by atoms with Crippen molar-refractivity contribution in [2.24, 2.45) is 5.41 Å². The zero-order valence-corrected chi connectivity index (χ0v) is 18.5. The number of carbonyl (C=O) groups is 1. The molecular formula is C22H25F2N5OS. The summed E-state index contributed by atoms with van der Waals surface area (Å²) in [6.45, 7) is 5.67. The van der Waals surface area contributed by atoms with E-state index in [1.54, 1.807) is 16.8 Å². The van der Waals surface area contributed by atoms with Crippen molar-refractivity contribution >= 4 is 34.4 Å². The quantitative estimate of drug-likeness (QED) is 0.672. The summed E-state index contributed by atoms with van der Waals surface area (Å²) >= 11 is 1.65. The highest BCUT2D eigenvalue weighted by molar-refractivity contribution is 7.96. The number of rotatable bonds is 3. The Morgan fingerprint density at radius 3 is 2.45 bits per heavy atom. The van der Waals surface area contributed by atoms with Gasteiger partial charge in [0.05, 0.1) is 22.7 Å². The molecule has 164 valence electrons. The number of nitriles is 1. The summed E-state index contributed by atoms with van der Waals surface area (Å²) in [5.41, 5.74) is 0.485. The standard InChI is InChI=1S/C22H25F2N5OS/c1-22(14-25)3-5-27(6-4-22)20-16-11-15(23)12-18(24)19(16)26-13-17(20)21(30)28-7-9-29(31-2)10-8-28/h11-13H,3-10H2,1-2H3. The molecule has 2 saturated heterocycles. The lowest BCUT2D eigenvalue weighted by atomic mass is 9.81. The molecule has 0 aliphatic carbocycles. The smallest absolute Gasteiger partial charge is 0.257 e. The minimum absolute atomic E-state index is 0.0498. The van der Waals surface area contributed by atoms with Crippen LogP contribution in [0, 0.1) is 28.4 Å². The van der Waals surface area contributed by atoms with E-state index < -0.39 is 17.0 Å². The molecule has 0 atom stereocenters. The van der Waals surface area contributed by atoms with Gasteiger partial charge in [-0.15, -0.1) is 0 Å². The number of amides is 1. The molecule has 3 heterocycles. The number of benzene rings is 1. The number of fused-ring (bicyclic) bond motifs is 1. The van der Waals surface area contributed by atoms with Gasteiger partial charge < -0.3 is 9.80 Å². The van der Waals surface area contributed by atoms with Gasteiger partial charge in [0.2, 0.25) is 0 Å². The summed E-state index contributed by atoms with van der Waals surface area (Å²) < 4.78 is 30.8. The number of halogens is 2. The van der Waals surface area contributed by atoms with Crippen LogP contribution in [0.1, 0.15) is 30.1 Å². The van der Waals surface area contributed by atoms with Crippen molar-refractivity contribution in [1.82, 2.24) is 14.2 Å². The third-order valence-corrected chi connectivity index (χ3v) is 7.21. The van der Waals surface area contributed by atoms with Crippen LogP contribution in [0.5, 0.6) is 0 Å². The zero-order valence-electron chi connectivity index (χ0n) is 17.7. The van der Waals surface area contributed by atoms with Gasteiger partial charge in [-0.05, 0) is 32.1 Å². The van der Waals surface area contributed by atoms with Crippen molar-refractivity contribution in [3.63, 3.8) is 0 Å². The van der Waals surface area contributed by atoms with E-state index >= 15 is 0 Å². The molecule has 1 amide bonds. The van der Waals surface area contributed by atoms with Crippen LogP contribution < -0.4 is 4.90 Å². The maximum absolute atomic E-state index is 14.5. The molecule has 2 aliphatic heterocycles. The second kappa shape index (κ2) is 8.60. The molecule has 0 N–H and O–H groups in total. The lowest BCUT2D eigenvalue weighted by molar-refractivity contribution is 0.0704. The van der Waals surface area contributed by atoms with Crippen LogP contribution in [0.3, 0.4) is 0 Å². The fraction of sp³-hybridized carbons (Fsp3) is 0.500. The Morgan fingerprint density at radius 1 is 1.16 bits per heavy atom. The number of piperidine rings is 1. The Labute approximate surface area is 184 Å². The molecule has 4 rings (SSSR count). The number of anilines is 1. The Bertz CT molecular complexity index is 1040. The molecule has 0 spiro atoms. The number of pyridine rings is 1. The maximum atomic E-state index is 14.5. The van der Waals surface area contributed by atoms with Crippen LogP contribution in [0.25, 0.3) is 10.9 Å². The minimum atomic E-state index is -0.747. The van der Waals surface area contributed by atoms with E-state index in [1.165, 1.54) is 12.3 Å². The van der Waals surface area contributed by atoms with Gasteiger partial charge in [0.25, 0.3) is 5.91 Å². The summed E-state index contributed by atoms with van der Waals surface area (Å²) in [5, 5.41) is 9.76. The largest absolute Gasteiger partial charge is 0.370 e. The molecule has 2 aliphatic rings. The lowest BCUT2D eigenvalue weighted by Gasteiger charge is -2.38. The molecule has 2 fully saturated rings. The van der Waals surface area contributed by atoms with Crippen molar-refractivity contribution in [1.29, 1.82) is 5.26 Å². The van der Waals surface area contributed by atoms with Crippen molar-refractivity contribution in [3.8, 4) is 6.07 Å². The second-order valence-corrected chi connectivity index (χ2v) is 9.25. The van der Waals surface area contributed by atoms with Crippen LogP contribution in [0.4, 0.5) is 14.5 Å². The van der Waals surface area contributed by atoms with E-state index in [-0.39, 0.29) is 11.4 Å². The van der Waals surface area contributed by atoms with E-state index in [0.717, 1.165) is 19.2 Å². The Balaban J connectivity index is 1.76. The number of aromatic nitrogens is 1. The Hall–Kier alpha value is -2.44. The van der Waals surface area contributed by atoms with Crippen molar-refractivity contribution < 1.29 is 13.6 Å². The first-order chi connectivity index (χ1) is 14.8. The number of hydrogen-bond donors (Lipinski definition) is 0. The molecule has 0 bridgehead atoms. The molecule has 9 heteroatoms. The van der Waals surface area contributed by atoms with Gasteiger partial charge in [0.15, 0.2) is 5.82 Å². The van der Waals surface area contributed by atoms with Gasteiger partial charge in [-0.3, -0.25) is 9.78 Å². The molecule has 1 aromatic carbocycles. The summed E-state index contributed by atoms with van der Waals surface area (Å²) in [4.78, 5) is 21.4. The third kappa shape index (κ3) is 4.19. The van der Waals surface area contributed by atoms with Crippen molar-refractivity contribution in [3.05, 3.63) is 35.5 Å². The average Bonchev–Trinajstić information content (AvgIpc) is 2.78. The first-order valence-electron chi connectivity index (χ1n) is 10.4. The van der Waals surface area contributed by atoms with Crippen LogP contribution in [-0.2, 0) is 0 Å². The Kier molecular flexibility index (Phi) is 6.04. The van der Waals surface area contributed by atoms with Crippen molar-refractivity contribution in [2.45, 2.75) is 19.8 Å². The third-order valence-electron chi connectivity index (χ3n) is 6.33. The van der Waals surface area contributed by atoms with E-state index in [2.05, 4.69) is 15.4 Å². The number of carbonyl (C=O) groups excluding carboxylic acids is 1. The first-order valence-corrected chi connectivity index (χ1v) is 11.6. The van der Waals surface area contributed by atoms with Crippen LogP contribution >= 0.6 is 11.9 Å². The SMILES string of the molecule is CSN1CCN(C(=O)c2cnc3c(F)cc(F)cc3c2N2CCC(C)(C#N)CC2)CC1. The summed E-state index contributed by atoms with van der Waals surface area (Å²) in [6.07, 6.45) is 4.66. The van der Waals surface area contributed by atoms with E-state index in [0.29, 0.717) is 55.7 Å². The average molecular weight is 446 g/mol. The highest BCUT2D eigenvalue weighted by Gasteiger charge is 2.33. The van der Waals surface area contributed by atoms with Crippen LogP contribution in [-0.4, -0.2) is 65.6 Å². The van der Waals surface area contributed by atoms with Gasteiger partial charge in [-0.2, -0.15) is 5.26 Å². The number of nitrogens with zero attached hydrogens (tertiary/aromatic N) is 5. The number of hydrogen-bond acceptors (Lipinski definition) is 6. The predicted octanol–water partition coefficient (Wildman–Crippen LogP) is 3.68. The zero-order chi connectivity index (χ0) is 22.2. The lowest BCUT2D eigenvalue weighted by Crippen LogP contribution is -2.47. The molecule has 31 heavy (non-hydrogen) atoms. The fourth-order valence-electron chi connectivity index (χ4n) is 4.29. The van der Waals surface area contributed by atoms with Crippen LogP contribution in [0.2, 0.25) is 0 Å². The molecule has 6 nitrogen and oxygen atoms in total. The molecule has 0 saturated carbocycles. The Morgan fingerprint density at radius 2 is 1.84 bits per heavy atom. The minimum Gasteiger partial charge on any atom is -0.370 e. The van der Waals surface area contributed by atoms with Gasteiger partial charge in [-0.1, -0.05) is 11.9 Å². The van der Waals surface area contributed by atoms with Gasteiger partial charge in [0, 0.05) is 56.9 Å². The summed E-state index contributed by atoms with van der Waals surface area (Å²) in [6, 6.07) is 4.43. The molecule has 1 aromatic heterocycles. The molecule has 0 radical (unpaired) electrons. The maximum Gasteiger partial charge on any atom is 0.257 e. The highest BCUT2D eigenvalue weighted by atomic mass is 32.2. The highest BCUT2D eigenvalue weighted by Crippen LogP contribution is 2.38. The van der Waals surface area contributed by atoms with E-state index in [1.807, 2.05) is 18.1 Å². The van der Waals surface area contributed by atoms with Gasteiger partial charge in [-0.25, -0.2) is 13.1 Å². The van der Waals surface area contributed by atoms with Crippen molar-refractivity contribution in [2.75, 3.05) is 50.4 Å². The van der Waals surface area contributed by atoms with Gasteiger partial charge >= 0.3 is 0 Å². The predicted molar refractivity (Wildman–Crippen MR) is 118 cm³/mol. The molecule has 0 unspecified atom stereocenters.